The van der Waals surface area contributed by atoms with Crippen molar-refractivity contribution < 1.29 is 9.47 Å². The number of unbranched alkanes of at least 4 members (excludes halogenated alkanes) is 3. The lowest BCUT2D eigenvalue weighted by atomic mass is 9.74. The lowest BCUT2D eigenvalue weighted by Gasteiger charge is -2.35. The van der Waals surface area contributed by atoms with E-state index in [-0.39, 0.29) is 0 Å². The van der Waals surface area contributed by atoms with Crippen molar-refractivity contribution >= 4 is 0 Å². The van der Waals surface area contributed by atoms with Crippen LogP contribution in [0.5, 0.6) is 0 Å². The van der Waals surface area contributed by atoms with Gasteiger partial charge in [0.2, 0.25) is 0 Å². The van der Waals surface area contributed by atoms with Gasteiger partial charge >= 0.3 is 0 Å². The third-order valence-electron chi connectivity index (χ3n) is 5.04. The molecule has 1 saturated carbocycles. The van der Waals surface area contributed by atoms with Crippen LogP contribution in [-0.4, -0.2) is 39.5 Å². The second kappa shape index (κ2) is 8.35. The summed E-state index contributed by atoms with van der Waals surface area (Å²) in [5, 5.41) is 3.62. The van der Waals surface area contributed by atoms with E-state index in [1.165, 1.54) is 51.4 Å². The molecule has 2 atom stereocenters. The molecule has 0 bridgehead atoms. The molecule has 1 aliphatic carbocycles. The molecule has 1 aliphatic heterocycles. The highest BCUT2D eigenvalue weighted by Crippen LogP contribution is 2.50. The molecular weight excluding hydrogens is 250 g/mol. The van der Waals surface area contributed by atoms with Crippen molar-refractivity contribution in [2.45, 2.75) is 64.4 Å². The molecule has 1 heterocycles. The zero-order valence-corrected chi connectivity index (χ0v) is 13.5. The summed E-state index contributed by atoms with van der Waals surface area (Å²) in [7, 11) is 1.77. The predicted octanol–water partition coefficient (Wildman–Crippen LogP) is 3.38. The summed E-state index contributed by atoms with van der Waals surface area (Å²) in [6.07, 6.45) is 11.3. The molecule has 3 nitrogen and oxygen atoms in total. The van der Waals surface area contributed by atoms with Crippen LogP contribution in [0.3, 0.4) is 0 Å². The molecule has 2 unspecified atom stereocenters. The minimum absolute atomic E-state index is 0.405. The van der Waals surface area contributed by atoms with Gasteiger partial charge in [0.15, 0.2) is 0 Å². The van der Waals surface area contributed by atoms with Gasteiger partial charge in [-0.3, -0.25) is 0 Å². The first-order chi connectivity index (χ1) is 9.82. The van der Waals surface area contributed by atoms with Crippen LogP contribution < -0.4 is 5.32 Å². The van der Waals surface area contributed by atoms with Gasteiger partial charge in [0.1, 0.15) is 0 Å². The highest BCUT2D eigenvalue weighted by Gasteiger charge is 2.50. The van der Waals surface area contributed by atoms with Crippen LogP contribution in [0.1, 0.15) is 58.3 Å². The van der Waals surface area contributed by atoms with E-state index in [9.17, 15) is 0 Å². The fraction of sp³-hybridized carbons (Fsp3) is 1.00. The lowest BCUT2D eigenvalue weighted by Crippen LogP contribution is -2.42. The van der Waals surface area contributed by atoms with Gasteiger partial charge in [-0.1, -0.05) is 32.6 Å². The Morgan fingerprint density at radius 1 is 1.25 bits per heavy atom. The van der Waals surface area contributed by atoms with Gasteiger partial charge in [0, 0.05) is 32.2 Å². The SMILES string of the molecule is CCCCCCC1(CNCCOC)CCOC1C1CC1. The molecule has 2 aliphatic rings. The molecule has 0 aromatic carbocycles. The third-order valence-corrected chi connectivity index (χ3v) is 5.04. The van der Waals surface area contributed by atoms with E-state index in [0.29, 0.717) is 11.5 Å². The molecule has 0 amide bonds. The van der Waals surface area contributed by atoms with E-state index in [1.54, 1.807) is 7.11 Å². The quantitative estimate of drug-likeness (QED) is 0.590. The Bertz CT molecular complexity index is 254. The average Bonchev–Trinajstić information content (AvgIpc) is 3.22. The highest BCUT2D eigenvalue weighted by molar-refractivity contribution is 5.00. The summed E-state index contributed by atoms with van der Waals surface area (Å²) >= 11 is 0. The fourth-order valence-corrected chi connectivity index (χ4v) is 3.70. The second-order valence-corrected chi connectivity index (χ2v) is 6.72. The molecule has 1 saturated heterocycles. The Morgan fingerprint density at radius 2 is 2.10 bits per heavy atom. The minimum Gasteiger partial charge on any atom is -0.383 e. The van der Waals surface area contributed by atoms with E-state index in [4.69, 9.17) is 9.47 Å². The van der Waals surface area contributed by atoms with Crippen molar-refractivity contribution in [2.75, 3.05) is 33.4 Å². The first kappa shape index (κ1) is 16.3. The molecular formula is C17H33NO2. The molecule has 1 N–H and O–H groups in total. The van der Waals surface area contributed by atoms with Gasteiger partial charge in [0.05, 0.1) is 12.7 Å². The maximum atomic E-state index is 6.14. The van der Waals surface area contributed by atoms with E-state index in [0.717, 1.165) is 32.2 Å². The summed E-state index contributed by atoms with van der Waals surface area (Å²) in [4.78, 5) is 0. The van der Waals surface area contributed by atoms with Crippen molar-refractivity contribution in [3.05, 3.63) is 0 Å². The van der Waals surface area contributed by atoms with Crippen molar-refractivity contribution in [3.63, 3.8) is 0 Å². The largest absolute Gasteiger partial charge is 0.383 e. The van der Waals surface area contributed by atoms with Crippen LogP contribution >= 0.6 is 0 Å². The number of rotatable bonds is 11. The van der Waals surface area contributed by atoms with Gasteiger partial charge in [-0.15, -0.1) is 0 Å². The van der Waals surface area contributed by atoms with Gasteiger partial charge in [-0.25, -0.2) is 0 Å². The number of hydrogen-bond acceptors (Lipinski definition) is 3. The van der Waals surface area contributed by atoms with Gasteiger partial charge in [0.25, 0.3) is 0 Å². The normalized spacial score (nSPS) is 30.0. The third kappa shape index (κ3) is 4.44. The van der Waals surface area contributed by atoms with Crippen LogP contribution in [0.15, 0.2) is 0 Å². The Balaban J connectivity index is 1.84. The van der Waals surface area contributed by atoms with Crippen LogP contribution in [0.25, 0.3) is 0 Å². The van der Waals surface area contributed by atoms with Crippen molar-refractivity contribution in [1.82, 2.24) is 5.32 Å². The summed E-state index contributed by atoms with van der Waals surface area (Å²) in [6.45, 7) is 6.14. The summed E-state index contributed by atoms with van der Waals surface area (Å²) in [5.41, 5.74) is 0.405. The van der Waals surface area contributed by atoms with Gasteiger partial charge in [-0.05, 0) is 31.6 Å². The minimum atomic E-state index is 0.405. The first-order valence-corrected chi connectivity index (χ1v) is 8.63. The van der Waals surface area contributed by atoms with E-state index < -0.39 is 0 Å². The molecule has 2 fully saturated rings. The Hall–Kier alpha value is -0.120. The number of nitrogens with one attached hydrogen (secondary N) is 1. The lowest BCUT2D eigenvalue weighted by molar-refractivity contribution is 0.0246. The topological polar surface area (TPSA) is 30.5 Å². The molecule has 20 heavy (non-hydrogen) atoms. The average molecular weight is 283 g/mol. The predicted molar refractivity (Wildman–Crippen MR) is 83.0 cm³/mol. The maximum absolute atomic E-state index is 6.14. The van der Waals surface area contributed by atoms with E-state index in [2.05, 4.69) is 12.2 Å². The summed E-state index contributed by atoms with van der Waals surface area (Å²) < 4.78 is 11.3. The molecule has 118 valence electrons. The van der Waals surface area contributed by atoms with E-state index in [1.807, 2.05) is 0 Å². The van der Waals surface area contributed by atoms with Crippen molar-refractivity contribution in [2.24, 2.45) is 11.3 Å². The van der Waals surface area contributed by atoms with Crippen molar-refractivity contribution in [3.8, 4) is 0 Å². The van der Waals surface area contributed by atoms with Crippen LogP contribution in [0, 0.1) is 11.3 Å². The zero-order chi connectivity index (χ0) is 14.3. The second-order valence-electron chi connectivity index (χ2n) is 6.72. The molecule has 3 heteroatoms. The Morgan fingerprint density at radius 3 is 2.80 bits per heavy atom. The number of hydrogen-bond donors (Lipinski definition) is 1. The maximum Gasteiger partial charge on any atom is 0.0672 e. The zero-order valence-electron chi connectivity index (χ0n) is 13.5. The summed E-state index contributed by atoms with van der Waals surface area (Å²) in [5.74, 6) is 0.855. The molecule has 0 aromatic rings. The Kier molecular flexibility index (Phi) is 6.79. The van der Waals surface area contributed by atoms with E-state index >= 15 is 0 Å². The van der Waals surface area contributed by atoms with Crippen LogP contribution in [0.2, 0.25) is 0 Å². The summed E-state index contributed by atoms with van der Waals surface area (Å²) in [6, 6.07) is 0. The standard InChI is InChI=1S/C17H33NO2/c1-3-4-5-6-9-17(14-18-11-13-19-2)10-12-20-16(17)15-7-8-15/h15-16,18H,3-14H2,1-2H3. The molecule has 0 radical (unpaired) electrons. The monoisotopic (exact) mass is 283 g/mol. The Labute approximate surface area is 124 Å². The van der Waals surface area contributed by atoms with Crippen LogP contribution in [-0.2, 0) is 9.47 Å². The van der Waals surface area contributed by atoms with Crippen LogP contribution in [0.4, 0.5) is 0 Å². The number of ether oxygens (including phenoxy) is 2. The highest BCUT2D eigenvalue weighted by atomic mass is 16.5. The van der Waals surface area contributed by atoms with Gasteiger partial charge < -0.3 is 14.8 Å². The molecule has 0 aromatic heterocycles. The molecule has 2 rings (SSSR count). The first-order valence-electron chi connectivity index (χ1n) is 8.63. The molecule has 0 spiro atoms. The smallest absolute Gasteiger partial charge is 0.0672 e. The number of methoxy groups -OCH3 is 1. The van der Waals surface area contributed by atoms with Gasteiger partial charge in [-0.2, -0.15) is 0 Å². The van der Waals surface area contributed by atoms with Crippen molar-refractivity contribution in [1.29, 1.82) is 0 Å². The fourth-order valence-electron chi connectivity index (χ4n) is 3.70.